The van der Waals surface area contributed by atoms with E-state index in [4.69, 9.17) is 10.4 Å². The first-order valence-corrected chi connectivity index (χ1v) is 8.13. The van der Waals surface area contributed by atoms with Crippen LogP contribution in [0.5, 0.6) is 0 Å². The van der Waals surface area contributed by atoms with Crippen molar-refractivity contribution in [2.24, 2.45) is 5.41 Å². The maximum Gasteiger partial charge on any atom is 0.404 e. The van der Waals surface area contributed by atoms with Crippen LogP contribution in [0.15, 0.2) is 30.3 Å². The van der Waals surface area contributed by atoms with Crippen molar-refractivity contribution in [3.05, 3.63) is 35.9 Å². The summed E-state index contributed by atoms with van der Waals surface area (Å²) in [6, 6.07) is 11.0. The highest BCUT2D eigenvalue weighted by atomic mass is 16.4. The Morgan fingerprint density at radius 2 is 2.00 bits per heavy atom. The van der Waals surface area contributed by atoms with E-state index in [1.165, 1.54) is 0 Å². The largest absolute Gasteiger partial charge is 0.465 e. The molecule has 0 saturated carbocycles. The fraction of sp³-hybridized carbons (Fsp3) is 0.556. The molecule has 6 nitrogen and oxygen atoms in total. The van der Waals surface area contributed by atoms with Gasteiger partial charge in [0.05, 0.1) is 18.2 Å². The Balaban J connectivity index is 2.54. The van der Waals surface area contributed by atoms with Crippen molar-refractivity contribution in [2.75, 3.05) is 13.1 Å². The van der Waals surface area contributed by atoms with Gasteiger partial charge in [0.25, 0.3) is 0 Å². The van der Waals surface area contributed by atoms with E-state index in [1.54, 1.807) is 0 Å². The molecule has 1 rings (SSSR count). The third-order valence-corrected chi connectivity index (χ3v) is 3.94. The molecule has 0 spiro atoms. The standard InChI is InChI=1S/C18H27N3O3/c1-18(2,9-6-10-19)13-20-12-16(22)15(21-17(23)24)11-14-7-4-3-5-8-14/h3-5,7-8,15-16,20-22H,6,9,11-13H2,1-2H3,(H,23,24). The molecule has 0 bridgehead atoms. The normalized spacial score (nSPS) is 13.8. The molecule has 6 heteroatoms. The molecule has 132 valence electrons. The number of amides is 1. The number of carbonyl (C=O) groups is 1. The predicted molar refractivity (Wildman–Crippen MR) is 92.6 cm³/mol. The molecule has 0 aromatic heterocycles. The second-order valence-corrected chi connectivity index (χ2v) is 6.77. The summed E-state index contributed by atoms with van der Waals surface area (Å²) >= 11 is 0. The Morgan fingerprint density at radius 3 is 2.58 bits per heavy atom. The minimum atomic E-state index is -1.15. The van der Waals surface area contributed by atoms with Crippen molar-refractivity contribution >= 4 is 6.09 Å². The van der Waals surface area contributed by atoms with Crippen LogP contribution < -0.4 is 10.6 Å². The maximum absolute atomic E-state index is 11.0. The molecule has 0 aliphatic carbocycles. The van der Waals surface area contributed by atoms with Gasteiger partial charge in [-0.2, -0.15) is 5.26 Å². The molecule has 24 heavy (non-hydrogen) atoms. The average molecular weight is 333 g/mol. The number of aliphatic hydroxyl groups excluding tert-OH is 1. The number of hydrogen-bond acceptors (Lipinski definition) is 4. The van der Waals surface area contributed by atoms with E-state index in [2.05, 4.69) is 30.6 Å². The number of benzene rings is 1. The number of aliphatic hydroxyl groups is 1. The van der Waals surface area contributed by atoms with Gasteiger partial charge in [-0.25, -0.2) is 4.79 Å². The lowest BCUT2D eigenvalue weighted by molar-refractivity contribution is 0.114. The molecular formula is C18H27N3O3. The molecule has 1 amide bonds. The first-order chi connectivity index (χ1) is 11.3. The van der Waals surface area contributed by atoms with Crippen molar-refractivity contribution in [3.8, 4) is 6.07 Å². The summed E-state index contributed by atoms with van der Waals surface area (Å²) in [6.07, 6.45) is -0.298. The van der Waals surface area contributed by atoms with Crippen LogP contribution in [0.2, 0.25) is 0 Å². The van der Waals surface area contributed by atoms with Crippen LogP contribution >= 0.6 is 0 Å². The van der Waals surface area contributed by atoms with Crippen LogP contribution in [-0.2, 0) is 6.42 Å². The molecule has 0 radical (unpaired) electrons. The van der Waals surface area contributed by atoms with E-state index >= 15 is 0 Å². The van der Waals surface area contributed by atoms with Gasteiger partial charge in [-0.15, -0.1) is 0 Å². The third kappa shape index (κ3) is 7.95. The lowest BCUT2D eigenvalue weighted by Gasteiger charge is -2.27. The molecule has 4 N–H and O–H groups in total. The SMILES string of the molecule is CC(C)(CCC#N)CNCC(O)C(Cc1ccccc1)NC(=O)O. The van der Waals surface area contributed by atoms with Crippen molar-refractivity contribution in [2.45, 2.75) is 45.3 Å². The van der Waals surface area contributed by atoms with Crippen LogP contribution in [0.25, 0.3) is 0 Å². The van der Waals surface area contributed by atoms with Crippen LogP contribution in [0.3, 0.4) is 0 Å². The predicted octanol–water partition coefficient (Wildman–Crippen LogP) is 2.15. The van der Waals surface area contributed by atoms with Gasteiger partial charge in [0.15, 0.2) is 0 Å². The number of rotatable bonds is 10. The summed E-state index contributed by atoms with van der Waals surface area (Å²) < 4.78 is 0. The number of nitrogens with one attached hydrogen (secondary N) is 2. The molecule has 1 aromatic rings. The summed E-state index contributed by atoms with van der Waals surface area (Å²) in [5, 5.41) is 33.6. The molecule has 1 aromatic carbocycles. The number of nitriles is 1. The lowest BCUT2D eigenvalue weighted by Crippen LogP contribution is -2.49. The van der Waals surface area contributed by atoms with Crippen LogP contribution in [-0.4, -0.2) is 41.5 Å². The Morgan fingerprint density at radius 1 is 1.33 bits per heavy atom. The number of hydrogen-bond donors (Lipinski definition) is 4. The van der Waals surface area contributed by atoms with E-state index < -0.39 is 18.2 Å². The zero-order valence-electron chi connectivity index (χ0n) is 14.3. The summed E-state index contributed by atoms with van der Waals surface area (Å²) in [4.78, 5) is 11.0. The van der Waals surface area contributed by atoms with E-state index in [0.717, 1.165) is 12.0 Å². The Bertz CT molecular complexity index is 540. The minimum absolute atomic E-state index is 0.0510. The maximum atomic E-state index is 11.0. The minimum Gasteiger partial charge on any atom is -0.465 e. The lowest BCUT2D eigenvalue weighted by atomic mass is 9.88. The first-order valence-electron chi connectivity index (χ1n) is 8.13. The molecule has 2 unspecified atom stereocenters. The summed E-state index contributed by atoms with van der Waals surface area (Å²) in [5.74, 6) is 0. The zero-order valence-corrected chi connectivity index (χ0v) is 14.3. The smallest absolute Gasteiger partial charge is 0.404 e. The fourth-order valence-electron chi connectivity index (χ4n) is 2.49. The van der Waals surface area contributed by atoms with E-state index in [1.807, 2.05) is 30.3 Å². The Kier molecular flexibility index (Phi) is 8.24. The van der Waals surface area contributed by atoms with Gasteiger partial charge in [0.2, 0.25) is 0 Å². The number of carboxylic acid groups (broad SMARTS) is 1. The second-order valence-electron chi connectivity index (χ2n) is 6.77. The highest BCUT2D eigenvalue weighted by Gasteiger charge is 2.23. The first kappa shape index (κ1) is 19.9. The average Bonchev–Trinajstić information content (AvgIpc) is 2.52. The third-order valence-electron chi connectivity index (χ3n) is 3.94. The van der Waals surface area contributed by atoms with Gasteiger partial charge in [-0.1, -0.05) is 44.2 Å². The Labute approximate surface area is 143 Å². The number of nitrogens with zero attached hydrogens (tertiary/aromatic N) is 1. The molecule has 0 aliphatic heterocycles. The quantitative estimate of drug-likeness (QED) is 0.525. The second kappa shape index (κ2) is 9.91. The van der Waals surface area contributed by atoms with Crippen molar-refractivity contribution in [1.29, 1.82) is 5.26 Å². The van der Waals surface area contributed by atoms with Crippen molar-refractivity contribution in [1.82, 2.24) is 10.6 Å². The van der Waals surface area contributed by atoms with Crippen LogP contribution in [0.4, 0.5) is 4.79 Å². The summed E-state index contributed by atoms with van der Waals surface area (Å²) in [7, 11) is 0. The van der Waals surface area contributed by atoms with Crippen LogP contribution in [0, 0.1) is 16.7 Å². The molecule has 0 aliphatic rings. The molecule has 0 fully saturated rings. The molecular weight excluding hydrogens is 306 g/mol. The van der Waals surface area contributed by atoms with Crippen molar-refractivity contribution in [3.63, 3.8) is 0 Å². The van der Waals surface area contributed by atoms with Gasteiger partial charge in [0, 0.05) is 19.5 Å². The van der Waals surface area contributed by atoms with Gasteiger partial charge in [-0.05, 0) is 23.8 Å². The zero-order chi connectivity index (χ0) is 18.0. The van der Waals surface area contributed by atoms with Gasteiger partial charge in [-0.3, -0.25) is 0 Å². The molecule has 0 saturated heterocycles. The topological polar surface area (TPSA) is 105 Å². The Hall–Kier alpha value is -2.10. The summed E-state index contributed by atoms with van der Waals surface area (Å²) in [5.41, 5.74) is 0.912. The van der Waals surface area contributed by atoms with E-state index in [-0.39, 0.29) is 12.0 Å². The van der Waals surface area contributed by atoms with Crippen LogP contribution in [0.1, 0.15) is 32.3 Å². The van der Waals surface area contributed by atoms with Gasteiger partial charge < -0.3 is 20.8 Å². The highest BCUT2D eigenvalue weighted by molar-refractivity contribution is 5.65. The monoisotopic (exact) mass is 333 g/mol. The van der Waals surface area contributed by atoms with E-state index in [9.17, 15) is 9.90 Å². The van der Waals surface area contributed by atoms with Gasteiger partial charge in [0.1, 0.15) is 0 Å². The van der Waals surface area contributed by atoms with E-state index in [0.29, 0.717) is 19.4 Å². The van der Waals surface area contributed by atoms with Crippen molar-refractivity contribution < 1.29 is 15.0 Å². The summed E-state index contributed by atoms with van der Waals surface area (Å²) in [6.45, 7) is 5.05. The van der Waals surface area contributed by atoms with Gasteiger partial charge >= 0.3 is 6.09 Å². The molecule has 2 atom stereocenters. The fourth-order valence-corrected chi connectivity index (χ4v) is 2.49. The highest BCUT2D eigenvalue weighted by Crippen LogP contribution is 2.20. The molecule has 0 heterocycles.